The number of halogens is 1. The molecule has 0 saturated carbocycles. The molecule has 0 amide bonds. The van der Waals surface area contributed by atoms with Crippen molar-refractivity contribution in [1.82, 2.24) is 10.1 Å². The minimum Gasteiger partial charge on any atom is -0.334 e. The van der Waals surface area contributed by atoms with E-state index in [1.807, 2.05) is 0 Å². The van der Waals surface area contributed by atoms with Gasteiger partial charge in [-0.15, -0.1) is 0 Å². The third-order valence-corrected chi connectivity index (χ3v) is 3.45. The van der Waals surface area contributed by atoms with Crippen molar-refractivity contribution < 1.29 is 14.4 Å². The summed E-state index contributed by atoms with van der Waals surface area (Å²) in [6, 6.07) is 9.80. The molecule has 9 nitrogen and oxygen atoms in total. The first-order valence-corrected chi connectivity index (χ1v) is 6.86. The van der Waals surface area contributed by atoms with Crippen LogP contribution in [0.3, 0.4) is 0 Å². The quantitative estimate of drug-likeness (QED) is 0.518. The van der Waals surface area contributed by atoms with Gasteiger partial charge < -0.3 is 4.52 Å². The molecular weight excluding hydrogens is 340 g/mol. The Kier molecular flexibility index (Phi) is 3.92. The molecule has 0 aliphatic carbocycles. The van der Waals surface area contributed by atoms with Crippen LogP contribution in [0.15, 0.2) is 47.0 Å². The highest BCUT2D eigenvalue weighted by molar-refractivity contribution is 6.32. The first-order valence-electron chi connectivity index (χ1n) is 6.48. The zero-order valence-corrected chi connectivity index (χ0v) is 12.5. The number of hydrogen-bond donors (Lipinski definition) is 0. The van der Waals surface area contributed by atoms with Crippen molar-refractivity contribution in [2.75, 3.05) is 0 Å². The highest BCUT2D eigenvalue weighted by Crippen LogP contribution is 2.31. The Hall–Kier alpha value is -3.33. The average Bonchev–Trinajstić information content (AvgIpc) is 3.05. The van der Waals surface area contributed by atoms with Crippen LogP contribution in [-0.4, -0.2) is 20.0 Å². The van der Waals surface area contributed by atoms with Crippen molar-refractivity contribution in [2.24, 2.45) is 0 Å². The molecule has 0 radical (unpaired) electrons. The maximum absolute atomic E-state index is 10.9. The van der Waals surface area contributed by atoms with Gasteiger partial charge in [0.25, 0.3) is 17.3 Å². The maximum Gasteiger partial charge on any atom is 0.288 e. The van der Waals surface area contributed by atoms with E-state index in [1.165, 1.54) is 36.4 Å². The number of nitrogens with zero attached hydrogens (tertiary/aromatic N) is 4. The Morgan fingerprint density at radius 3 is 2.50 bits per heavy atom. The number of hydrogen-bond acceptors (Lipinski definition) is 7. The molecule has 1 aromatic heterocycles. The second-order valence-electron chi connectivity index (χ2n) is 4.65. The molecule has 0 spiro atoms. The summed E-state index contributed by atoms with van der Waals surface area (Å²) in [6.45, 7) is 0. The summed E-state index contributed by atoms with van der Waals surface area (Å²) in [7, 11) is 0. The van der Waals surface area contributed by atoms with E-state index >= 15 is 0 Å². The van der Waals surface area contributed by atoms with Crippen LogP contribution < -0.4 is 0 Å². The number of aromatic nitrogens is 2. The standard InChI is InChI=1S/C14H7ClN4O5/c15-11-5-4-9(7-12(11)19(22)23)14-16-13(17-24-14)8-2-1-3-10(6-8)18(20)21/h1-7H. The Labute approximate surface area is 138 Å². The molecule has 0 aliphatic heterocycles. The van der Waals surface area contributed by atoms with Crippen LogP contribution in [0.5, 0.6) is 0 Å². The molecule has 0 aliphatic rings. The van der Waals surface area contributed by atoms with Gasteiger partial charge in [-0.05, 0) is 12.1 Å². The van der Waals surface area contributed by atoms with Gasteiger partial charge in [0.05, 0.1) is 9.85 Å². The Morgan fingerprint density at radius 1 is 1.00 bits per heavy atom. The van der Waals surface area contributed by atoms with Gasteiger partial charge in [0.15, 0.2) is 0 Å². The number of nitro groups is 2. The van der Waals surface area contributed by atoms with Crippen molar-refractivity contribution in [3.8, 4) is 22.8 Å². The lowest BCUT2D eigenvalue weighted by Crippen LogP contribution is -1.90. The van der Waals surface area contributed by atoms with Crippen molar-refractivity contribution in [3.05, 3.63) is 67.7 Å². The molecule has 10 heteroatoms. The predicted molar refractivity (Wildman–Crippen MR) is 83.5 cm³/mol. The monoisotopic (exact) mass is 346 g/mol. The van der Waals surface area contributed by atoms with Gasteiger partial charge >= 0.3 is 0 Å². The van der Waals surface area contributed by atoms with Crippen LogP contribution in [0.1, 0.15) is 0 Å². The van der Waals surface area contributed by atoms with Gasteiger partial charge in [-0.25, -0.2) is 0 Å². The Balaban J connectivity index is 2.00. The molecule has 0 fully saturated rings. The fourth-order valence-corrected chi connectivity index (χ4v) is 2.19. The molecule has 0 saturated heterocycles. The molecule has 0 unspecified atom stereocenters. The van der Waals surface area contributed by atoms with Gasteiger partial charge in [-0.2, -0.15) is 4.98 Å². The molecule has 3 aromatic rings. The van der Waals surface area contributed by atoms with E-state index < -0.39 is 9.85 Å². The smallest absolute Gasteiger partial charge is 0.288 e. The second kappa shape index (κ2) is 6.05. The zero-order valence-electron chi connectivity index (χ0n) is 11.7. The number of non-ortho nitro benzene ring substituents is 1. The van der Waals surface area contributed by atoms with E-state index in [9.17, 15) is 20.2 Å². The van der Waals surface area contributed by atoms with Crippen molar-refractivity contribution in [2.45, 2.75) is 0 Å². The summed E-state index contributed by atoms with van der Waals surface area (Å²) in [5, 5.41) is 25.5. The molecule has 24 heavy (non-hydrogen) atoms. The van der Waals surface area contributed by atoms with E-state index in [0.717, 1.165) is 0 Å². The number of rotatable bonds is 4. The fourth-order valence-electron chi connectivity index (χ4n) is 2.00. The normalized spacial score (nSPS) is 10.5. The zero-order chi connectivity index (χ0) is 17.3. The lowest BCUT2D eigenvalue weighted by Gasteiger charge is -1.97. The van der Waals surface area contributed by atoms with Crippen LogP contribution in [0.2, 0.25) is 5.02 Å². The molecule has 0 N–H and O–H groups in total. The van der Waals surface area contributed by atoms with Gasteiger partial charge in [0, 0.05) is 29.3 Å². The summed E-state index contributed by atoms with van der Waals surface area (Å²) in [5.41, 5.74) is 0.309. The van der Waals surface area contributed by atoms with Crippen LogP contribution in [0.25, 0.3) is 22.8 Å². The molecule has 120 valence electrons. The minimum absolute atomic E-state index is 0.0119. The molecule has 0 atom stereocenters. The third-order valence-electron chi connectivity index (χ3n) is 3.13. The minimum atomic E-state index is -0.621. The molecule has 1 heterocycles. The summed E-state index contributed by atoms with van der Waals surface area (Å²) in [5.74, 6) is 0.169. The van der Waals surface area contributed by atoms with Gasteiger partial charge in [0.1, 0.15) is 5.02 Å². The Bertz CT molecular complexity index is 956. The van der Waals surface area contributed by atoms with Crippen LogP contribution in [0.4, 0.5) is 11.4 Å². The molecule has 0 bridgehead atoms. The van der Waals surface area contributed by atoms with E-state index in [-0.39, 0.29) is 28.1 Å². The summed E-state index contributed by atoms with van der Waals surface area (Å²) in [6.07, 6.45) is 0. The maximum atomic E-state index is 10.9. The third kappa shape index (κ3) is 2.92. The van der Waals surface area contributed by atoms with E-state index in [2.05, 4.69) is 10.1 Å². The number of nitro benzene ring substituents is 2. The second-order valence-corrected chi connectivity index (χ2v) is 5.06. The van der Waals surface area contributed by atoms with Crippen molar-refractivity contribution in [1.29, 1.82) is 0 Å². The summed E-state index contributed by atoms with van der Waals surface area (Å²) < 4.78 is 5.08. The van der Waals surface area contributed by atoms with Crippen LogP contribution >= 0.6 is 11.6 Å². The first-order chi connectivity index (χ1) is 11.5. The SMILES string of the molecule is O=[N+]([O-])c1cccc(-c2noc(-c3ccc(Cl)c([N+](=O)[O-])c3)n2)c1. The summed E-state index contributed by atoms with van der Waals surface area (Å²) in [4.78, 5) is 24.7. The lowest BCUT2D eigenvalue weighted by atomic mass is 10.2. The van der Waals surface area contributed by atoms with Crippen molar-refractivity contribution in [3.63, 3.8) is 0 Å². The molecule has 3 rings (SSSR count). The predicted octanol–water partition coefficient (Wildman–Crippen LogP) is 3.87. The van der Waals surface area contributed by atoms with E-state index in [0.29, 0.717) is 11.1 Å². The fraction of sp³-hybridized carbons (Fsp3) is 0. The van der Waals surface area contributed by atoms with Crippen molar-refractivity contribution >= 4 is 23.0 Å². The van der Waals surface area contributed by atoms with Crippen LogP contribution in [-0.2, 0) is 0 Å². The van der Waals surface area contributed by atoms with Gasteiger partial charge in [0.2, 0.25) is 5.82 Å². The molecular formula is C14H7ClN4O5. The van der Waals surface area contributed by atoms with Gasteiger partial charge in [-0.3, -0.25) is 20.2 Å². The van der Waals surface area contributed by atoms with Gasteiger partial charge in [-0.1, -0.05) is 28.9 Å². The lowest BCUT2D eigenvalue weighted by molar-refractivity contribution is -0.384. The first kappa shape index (κ1) is 15.6. The van der Waals surface area contributed by atoms with Crippen LogP contribution in [0, 0.1) is 20.2 Å². The summed E-state index contributed by atoms with van der Waals surface area (Å²) >= 11 is 5.75. The largest absolute Gasteiger partial charge is 0.334 e. The topological polar surface area (TPSA) is 125 Å². The highest BCUT2D eigenvalue weighted by atomic mass is 35.5. The number of benzene rings is 2. The highest BCUT2D eigenvalue weighted by Gasteiger charge is 2.18. The van der Waals surface area contributed by atoms with E-state index in [1.54, 1.807) is 6.07 Å². The Morgan fingerprint density at radius 2 is 1.79 bits per heavy atom. The molecule has 2 aromatic carbocycles. The average molecular weight is 347 g/mol. The van der Waals surface area contributed by atoms with E-state index in [4.69, 9.17) is 16.1 Å².